The molecule has 154 valence electrons. The van der Waals surface area contributed by atoms with Gasteiger partial charge in [0.1, 0.15) is 0 Å². The Bertz CT molecular complexity index is 895. The van der Waals surface area contributed by atoms with E-state index in [2.05, 4.69) is 5.32 Å². The number of piperazine rings is 1. The lowest BCUT2D eigenvalue weighted by Crippen LogP contribution is -2.54. The lowest BCUT2D eigenvalue weighted by Gasteiger charge is -2.37. The molecule has 1 fully saturated rings. The van der Waals surface area contributed by atoms with Crippen LogP contribution < -0.4 is 5.32 Å². The molecule has 5 nitrogen and oxygen atoms in total. The third kappa shape index (κ3) is 5.17. The maximum Gasteiger partial charge on any atom is 0.241 e. The molecule has 1 unspecified atom stereocenters. The maximum absolute atomic E-state index is 13.3. The lowest BCUT2D eigenvalue weighted by atomic mass is 10.0. The zero-order chi connectivity index (χ0) is 21.0. The van der Waals surface area contributed by atoms with E-state index in [1.54, 1.807) is 6.92 Å². The molecule has 0 bridgehead atoms. The summed E-state index contributed by atoms with van der Waals surface area (Å²) >= 11 is 0. The SMILES string of the molecule is Cc1ccccc1CC(=O)N1CCN(C(C)C(=O)Nc2ccc(F)c(F)c2)CC1. The Labute approximate surface area is 169 Å². The topological polar surface area (TPSA) is 52.7 Å². The molecule has 7 heteroatoms. The first-order chi connectivity index (χ1) is 13.8. The molecule has 0 spiro atoms. The Morgan fingerprint density at radius 2 is 1.72 bits per heavy atom. The van der Waals surface area contributed by atoms with Crippen molar-refractivity contribution < 1.29 is 18.4 Å². The van der Waals surface area contributed by atoms with Gasteiger partial charge in [-0.1, -0.05) is 24.3 Å². The average Bonchev–Trinajstić information content (AvgIpc) is 2.72. The molecule has 0 aliphatic carbocycles. The Morgan fingerprint density at radius 1 is 1.03 bits per heavy atom. The number of hydrogen-bond acceptors (Lipinski definition) is 3. The van der Waals surface area contributed by atoms with E-state index >= 15 is 0 Å². The fraction of sp³-hybridized carbons (Fsp3) is 0.364. The van der Waals surface area contributed by atoms with Crippen LogP contribution in [0.2, 0.25) is 0 Å². The van der Waals surface area contributed by atoms with E-state index in [0.29, 0.717) is 32.6 Å². The van der Waals surface area contributed by atoms with Crippen LogP contribution in [-0.4, -0.2) is 53.8 Å². The minimum absolute atomic E-state index is 0.0813. The summed E-state index contributed by atoms with van der Waals surface area (Å²) in [5.74, 6) is -2.17. The summed E-state index contributed by atoms with van der Waals surface area (Å²) in [5.41, 5.74) is 2.34. The monoisotopic (exact) mass is 401 g/mol. The van der Waals surface area contributed by atoms with Crippen LogP contribution >= 0.6 is 0 Å². The number of benzene rings is 2. The first-order valence-electron chi connectivity index (χ1n) is 9.67. The summed E-state index contributed by atoms with van der Waals surface area (Å²) in [6, 6.07) is 10.7. The van der Waals surface area contributed by atoms with E-state index < -0.39 is 17.7 Å². The van der Waals surface area contributed by atoms with Crippen LogP contribution in [-0.2, 0) is 16.0 Å². The van der Waals surface area contributed by atoms with Gasteiger partial charge in [-0.05, 0) is 37.1 Å². The van der Waals surface area contributed by atoms with Gasteiger partial charge in [-0.15, -0.1) is 0 Å². The number of carbonyl (C=O) groups excluding carboxylic acids is 2. The summed E-state index contributed by atoms with van der Waals surface area (Å²) in [6.07, 6.45) is 0.374. The second-order valence-electron chi connectivity index (χ2n) is 7.31. The highest BCUT2D eigenvalue weighted by atomic mass is 19.2. The molecular formula is C22H25F2N3O2. The van der Waals surface area contributed by atoms with E-state index in [1.807, 2.05) is 41.0 Å². The van der Waals surface area contributed by atoms with Crippen LogP contribution in [0.4, 0.5) is 14.5 Å². The molecule has 0 radical (unpaired) electrons. The second kappa shape index (κ2) is 9.13. The molecule has 1 atom stereocenters. The third-order valence-electron chi connectivity index (χ3n) is 5.38. The number of hydrogen-bond donors (Lipinski definition) is 1. The van der Waals surface area contributed by atoms with Crippen molar-refractivity contribution in [2.45, 2.75) is 26.3 Å². The Balaban J connectivity index is 1.51. The highest BCUT2D eigenvalue weighted by Crippen LogP contribution is 2.16. The van der Waals surface area contributed by atoms with Gasteiger partial charge in [-0.25, -0.2) is 8.78 Å². The molecule has 2 aromatic carbocycles. The second-order valence-corrected chi connectivity index (χ2v) is 7.31. The van der Waals surface area contributed by atoms with E-state index in [4.69, 9.17) is 0 Å². The Kier molecular flexibility index (Phi) is 6.59. The van der Waals surface area contributed by atoms with Gasteiger partial charge in [0.25, 0.3) is 0 Å². The molecule has 2 aromatic rings. The highest BCUT2D eigenvalue weighted by Gasteiger charge is 2.27. The highest BCUT2D eigenvalue weighted by molar-refractivity contribution is 5.94. The molecule has 0 saturated carbocycles. The van der Waals surface area contributed by atoms with E-state index in [-0.39, 0.29) is 17.5 Å². The standard InChI is InChI=1S/C22H25F2N3O2/c1-15-5-3-4-6-17(15)13-21(28)27-11-9-26(10-12-27)16(2)22(29)25-18-7-8-19(23)20(24)14-18/h3-8,14,16H,9-13H2,1-2H3,(H,25,29). The van der Waals surface area contributed by atoms with E-state index in [0.717, 1.165) is 23.3 Å². The normalized spacial score (nSPS) is 15.8. The zero-order valence-corrected chi connectivity index (χ0v) is 16.6. The molecule has 29 heavy (non-hydrogen) atoms. The van der Waals surface area contributed by atoms with Gasteiger partial charge in [0.2, 0.25) is 11.8 Å². The molecule has 1 aliphatic heterocycles. The van der Waals surface area contributed by atoms with Gasteiger partial charge >= 0.3 is 0 Å². The molecule has 1 N–H and O–H groups in total. The lowest BCUT2D eigenvalue weighted by molar-refractivity contribution is -0.133. The van der Waals surface area contributed by atoms with Crippen LogP contribution in [0.3, 0.4) is 0 Å². The molecule has 3 rings (SSSR count). The number of nitrogens with zero attached hydrogens (tertiary/aromatic N) is 2. The van der Waals surface area contributed by atoms with Crippen LogP contribution in [0.5, 0.6) is 0 Å². The summed E-state index contributed by atoms with van der Waals surface area (Å²) < 4.78 is 26.3. The summed E-state index contributed by atoms with van der Waals surface area (Å²) in [6.45, 7) is 6.01. The first kappa shape index (κ1) is 20.9. The van der Waals surface area contributed by atoms with Gasteiger partial charge in [-0.2, -0.15) is 0 Å². The smallest absolute Gasteiger partial charge is 0.241 e. The number of anilines is 1. The van der Waals surface area contributed by atoms with Crippen molar-refractivity contribution in [1.29, 1.82) is 0 Å². The molecule has 1 heterocycles. The van der Waals surface area contributed by atoms with Gasteiger partial charge < -0.3 is 10.2 Å². The van der Waals surface area contributed by atoms with Gasteiger partial charge in [-0.3, -0.25) is 14.5 Å². The van der Waals surface area contributed by atoms with Crippen molar-refractivity contribution in [2.75, 3.05) is 31.5 Å². The fourth-order valence-electron chi connectivity index (χ4n) is 3.43. The zero-order valence-electron chi connectivity index (χ0n) is 16.6. The van der Waals surface area contributed by atoms with Crippen LogP contribution in [0.15, 0.2) is 42.5 Å². The predicted molar refractivity (Wildman–Crippen MR) is 107 cm³/mol. The Morgan fingerprint density at radius 3 is 2.38 bits per heavy atom. The molecule has 0 aromatic heterocycles. The summed E-state index contributed by atoms with van der Waals surface area (Å²) in [7, 11) is 0. The maximum atomic E-state index is 13.3. The number of amides is 2. The molecule has 2 amide bonds. The number of nitrogens with one attached hydrogen (secondary N) is 1. The van der Waals surface area contributed by atoms with Crippen molar-refractivity contribution in [3.05, 3.63) is 65.2 Å². The largest absolute Gasteiger partial charge is 0.340 e. The van der Waals surface area contributed by atoms with Crippen molar-refractivity contribution in [2.24, 2.45) is 0 Å². The third-order valence-corrected chi connectivity index (χ3v) is 5.38. The van der Waals surface area contributed by atoms with Gasteiger partial charge in [0, 0.05) is 37.9 Å². The van der Waals surface area contributed by atoms with Crippen molar-refractivity contribution in [1.82, 2.24) is 9.80 Å². The molecule has 1 saturated heterocycles. The van der Waals surface area contributed by atoms with E-state index in [9.17, 15) is 18.4 Å². The van der Waals surface area contributed by atoms with Crippen LogP contribution in [0, 0.1) is 18.6 Å². The van der Waals surface area contributed by atoms with Gasteiger partial charge in [0.05, 0.1) is 12.5 Å². The molecular weight excluding hydrogens is 376 g/mol. The van der Waals surface area contributed by atoms with E-state index in [1.165, 1.54) is 6.07 Å². The minimum atomic E-state index is -1.00. The minimum Gasteiger partial charge on any atom is -0.340 e. The predicted octanol–water partition coefficient (Wildman–Crippen LogP) is 2.99. The number of halogens is 2. The summed E-state index contributed by atoms with van der Waals surface area (Å²) in [4.78, 5) is 28.8. The number of carbonyl (C=O) groups is 2. The van der Waals surface area contributed by atoms with Crippen molar-refractivity contribution in [3.8, 4) is 0 Å². The average molecular weight is 401 g/mol. The van der Waals surface area contributed by atoms with Crippen LogP contribution in [0.1, 0.15) is 18.1 Å². The first-order valence-corrected chi connectivity index (χ1v) is 9.67. The fourth-order valence-corrected chi connectivity index (χ4v) is 3.43. The van der Waals surface area contributed by atoms with Crippen molar-refractivity contribution in [3.63, 3.8) is 0 Å². The quantitative estimate of drug-likeness (QED) is 0.838. The summed E-state index contributed by atoms with van der Waals surface area (Å²) in [5, 5.41) is 2.61. The molecule has 1 aliphatic rings. The van der Waals surface area contributed by atoms with Crippen molar-refractivity contribution >= 4 is 17.5 Å². The number of aryl methyl sites for hydroxylation is 1. The number of rotatable bonds is 5. The Hall–Kier alpha value is -2.80. The van der Waals surface area contributed by atoms with Crippen LogP contribution in [0.25, 0.3) is 0 Å². The van der Waals surface area contributed by atoms with Gasteiger partial charge in [0.15, 0.2) is 11.6 Å².